The number of nitrogens with zero attached hydrogens (tertiary/aromatic N) is 3. The van der Waals surface area contributed by atoms with Crippen molar-refractivity contribution in [2.75, 3.05) is 6.26 Å². The summed E-state index contributed by atoms with van der Waals surface area (Å²) in [5.41, 5.74) is 0.821. The highest BCUT2D eigenvalue weighted by molar-refractivity contribution is 7.90. The van der Waals surface area contributed by atoms with Gasteiger partial charge in [-0.25, -0.2) is 13.4 Å². The lowest BCUT2D eigenvalue weighted by molar-refractivity contribution is 0.601. The maximum absolute atomic E-state index is 11.3. The van der Waals surface area contributed by atoms with E-state index in [0.717, 1.165) is 17.0 Å². The second kappa shape index (κ2) is 4.75. The van der Waals surface area contributed by atoms with Gasteiger partial charge in [-0.05, 0) is 0 Å². The third-order valence-corrected chi connectivity index (χ3v) is 4.29. The van der Waals surface area contributed by atoms with Crippen LogP contribution in [-0.4, -0.2) is 29.4 Å². The predicted molar refractivity (Wildman–Crippen MR) is 66.1 cm³/mol. The van der Waals surface area contributed by atoms with Crippen LogP contribution in [-0.2, 0) is 22.3 Å². The van der Waals surface area contributed by atoms with Crippen LogP contribution in [0.4, 0.5) is 0 Å². The largest absolute Gasteiger partial charge is 0.265 e. The molecule has 2 heterocycles. The van der Waals surface area contributed by atoms with Crippen molar-refractivity contribution in [1.29, 1.82) is 0 Å². The van der Waals surface area contributed by atoms with Crippen molar-refractivity contribution < 1.29 is 8.42 Å². The molecule has 0 saturated carbocycles. The minimum atomic E-state index is -3.20. The van der Waals surface area contributed by atoms with Crippen molar-refractivity contribution in [2.24, 2.45) is 0 Å². The third kappa shape index (κ3) is 3.05. The standard InChI is InChI=1S/C9H10ClN3O2S2/c1-17(14,15)8-3-11-13(4-8)5-9-12-7(2-10)6-16-9/h3-4,6H,2,5H2,1H3. The van der Waals surface area contributed by atoms with Crippen LogP contribution in [0.3, 0.4) is 0 Å². The maximum atomic E-state index is 11.3. The molecular formula is C9H10ClN3O2S2. The van der Waals surface area contributed by atoms with Gasteiger partial charge in [-0.2, -0.15) is 5.10 Å². The fraction of sp³-hybridized carbons (Fsp3) is 0.333. The minimum Gasteiger partial charge on any atom is -0.265 e. The number of sulfone groups is 1. The van der Waals surface area contributed by atoms with Gasteiger partial charge in [0.25, 0.3) is 0 Å². The number of hydrogen-bond acceptors (Lipinski definition) is 5. The van der Waals surface area contributed by atoms with Crippen molar-refractivity contribution in [1.82, 2.24) is 14.8 Å². The zero-order valence-corrected chi connectivity index (χ0v) is 11.4. The van der Waals surface area contributed by atoms with Crippen molar-refractivity contribution in [3.8, 4) is 0 Å². The average Bonchev–Trinajstić information content (AvgIpc) is 2.86. The first-order valence-corrected chi connectivity index (χ1v) is 8.01. The molecule has 0 aliphatic rings. The molecule has 0 aliphatic carbocycles. The highest BCUT2D eigenvalue weighted by Gasteiger charge is 2.10. The Hall–Kier alpha value is -0.920. The van der Waals surface area contributed by atoms with Crippen LogP contribution >= 0.6 is 22.9 Å². The van der Waals surface area contributed by atoms with E-state index in [4.69, 9.17) is 11.6 Å². The van der Waals surface area contributed by atoms with E-state index in [1.165, 1.54) is 23.7 Å². The van der Waals surface area contributed by atoms with E-state index in [1.54, 1.807) is 4.68 Å². The molecule has 0 amide bonds. The van der Waals surface area contributed by atoms with Crippen molar-refractivity contribution in [2.45, 2.75) is 17.3 Å². The van der Waals surface area contributed by atoms with Gasteiger partial charge < -0.3 is 0 Å². The summed E-state index contributed by atoms with van der Waals surface area (Å²) >= 11 is 7.13. The Labute approximate surface area is 108 Å². The van der Waals surface area contributed by atoms with Gasteiger partial charge in [-0.3, -0.25) is 4.68 Å². The van der Waals surface area contributed by atoms with E-state index < -0.39 is 9.84 Å². The van der Waals surface area contributed by atoms with E-state index in [1.807, 2.05) is 5.38 Å². The highest BCUT2D eigenvalue weighted by atomic mass is 35.5. The molecule has 0 radical (unpaired) electrons. The Bertz CT molecular complexity index is 618. The smallest absolute Gasteiger partial charge is 0.178 e. The van der Waals surface area contributed by atoms with E-state index >= 15 is 0 Å². The lowest BCUT2D eigenvalue weighted by Gasteiger charge is -1.96. The summed E-state index contributed by atoms with van der Waals surface area (Å²) in [4.78, 5) is 4.49. The summed E-state index contributed by atoms with van der Waals surface area (Å²) < 4.78 is 24.1. The topological polar surface area (TPSA) is 64.8 Å². The van der Waals surface area contributed by atoms with Crippen LogP contribution in [0, 0.1) is 0 Å². The lowest BCUT2D eigenvalue weighted by Crippen LogP contribution is -2.00. The van der Waals surface area contributed by atoms with E-state index in [2.05, 4.69) is 10.1 Å². The third-order valence-electron chi connectivity index (χ3n) is 2.07. The molecule has 0 N–H and O–H groups in total. The van der Waals surface area contributed by atoms with Crippen LogP contribution in [0.5, 0.6) is 0 Å². The summed E-state index contributed by atoms with van der Waals surface area (Å²) in [6.45, 7) is 0.455. The molecule has 0 saturated heterocycles. The number of alkyl halides is 1. The number of halogens is 1. The number of hydrogen-bond donors (Lipinski definition) is 0. The molecule has 2 aromatic rings. The van der Waals surface area contributed by atoms with Crippen LogP contribution in [0.1, 0.15) is 10.7 Å². The summed E-state index contributed by atoms with van der Waals surface area (Å²) in [6.07, 6.45) is 3.99. The molecule has 2 rings (SSSR count). The molecule has 0 atom stereocenters. The molecule has 2 aromatic heterocycles. The Morgan fingerprint density at radius 1 is 1.53 bits per heavy atom. The quantitative estimate of drug-likeness (QED) is 0.801. The Morgan fingerprint density at radius 2 is 2.29 bits per heavy atom. The summed E-state index contributed by atoms with van der Waals surface area (Å²) in [5.74, 6) is 0.379. The number of aromatic nitrogens is 3. The molecule has 17 heavy (non-hydrogen) atoms. The van der Waals surface area contributed by atoms with E-state index in [9.17, 15) is 8.42 Å². The van der Waals surface area contributed by atoms with Gasteiger partial charge in [0.15, 0.2) is 9.84 Å². The second-order valence-corrected chi connectivity index (χ2v) is 6.74. The molecule has 0 fully saturated rings. The van der Waals surface area contributed by atoms with Crippen LogP contribution < -0.4 is 0 Å². The van der Waals surface area contributed by atoms with Crippen molar-refractivity contribution in [3.05, 3.63) is 28.5 Å². The summed E-state index contributed by atoms with van der Waals surface area (Å²) in [7, 11) is -3.20. The lowest BCUT2D eigenvalue weighted by atomic mass is 10.5. The Kier molecular flexibility index (Phi) is 3.50. The summed E-state index contributed by atoms with van der Waals surface area (Å²) in [6, 6.07) is 0. The molecule has 5 nitrogen and oxygen atoms in total. The number of thiazole rings is 1. The van der Waals surface area contributed by atoms with Gasteiger partial charge in [0.1, 0.15) is 9.90 Å². The normalized spacial score (nSPS) is 11.9. The van der Waals surface area contributed by atoms with Gasteiger partial charge >= 0.3 is 0 Å². The van der Waals surface area contributed by atoms with Crippen molar-refractivity contribution >= 4 is 32.8 Å². The summed E-state index contributed by atoms with van der Waals surface area (Å²) in [5, 5.41) is 6.71. The van der Waals surface area contributed by atoms with Crippen LogP contribution in [0.15, 0.2) is 22.7 Å². The Balaban J connectivity index is 2.17. The van der Waals surface area contributed by atoms with Crippen LogP contribution in [0.25, 0.3) is 0 Å². The first-order chi connectivity index (χ1) is 7.99. The molecule has 0 aromatic carbocycles. The first-order valence-electron chi connectivity index (χ1n) is 4.71. The first kappa shape index (κ1) is 12.5. The second-order valence-electron chi connectivity index (χ2n) is 3.51. The maximum Gasteiger partial charge on any atom is 0.178 e. The number of rotatable bonds is 4. The van der Waals surface area contributed by atoms with E-state index in [0.29, 0.717) is 12.4 Å². The monoisotopic (exact) mass is 291 g/mol. The SMILES string of the molecule is CS(=O)(=O)c1cnn(Cc2nc(CCl)cs2)c1. The molecule has 0 aliphatic heterocycles. The molecule has 92 valence electrons. The average molecular weight is 292 g/mol. The molecule has 0 spiro atoms. The van der Waals surface area contributed by atoms with E-state index in [-0.39, 0.29) is 4.90 Å². The Morgan fingerprint density at radius 3 is 2.82 bits per heavy atom. The van der Waals surface area contributed by atoms with Gasteiger partial charge in [0, 0.05) is 17.8 Å². The van der Waals surface area contributed by atoms with Gasteiger partial charge in [0.05, 0.1) is 24.3 Å². The fourth-order valence-electron chi connectivity index (χ4n) is 1.24. The zero-order valence-electron chi connectivity index (χ0n) is 9.00. The van der Waals surface area contributed by atoms with Crippen LogP contribution in [0.2, 0.25) is 0 Å². The molecule has 8 heteroatoms. The fourth-order valence-corrected chi connectivity index (χ4v) is 2.81. The van der Waals surface area contributed by atoms with Gasteiger partial charge in [-0.15, -0.1) is 22.9 Å². The molecular weight excluding hydrogens is 282 g/mol. The van der Waals surface area contributed by atoms with Gasteiger partial charge in [0.2, 0.25) is 0 Å². The van der Waals surface area contributed by atoms with Gasteiger partial charge in [-0.1, -0.05) is 0 Å². The zero-order chi connectivity index (χ0) is 12.5. The molecule has 0 bridgehead atoms. The highest BCUT2D eigenvalue weighted by Crippen LogP contribution is 2.14. The predicted octanol–water partition coefficient (Wildman–Crippen LogP) is 1.53. The van der Waals surface area contributed by atoms with Crippen molar-refractivity contribution in [3.63, 3.8) is 0 Å². The molecule has 0 unspecified atom stereocenters. The minimum absolute atomic E-state index is 0.214.